The molecule has 0 saturated carbocycles. The first-order valence-electron chi connectivity index (χ1n) is 8.90. The molecule has 0 N–H and O–H groups in total. The van der Waals surface area contributed by atoms with Gasteiger partial charge in [0.2, 0.25) is 6.08 Å². The predicted molar refractivity (Wildman–Crippen MR) is 120 cm³/mol. The van der Waals surface area contributed by atoms with E-state index in [0.717, 1.165) is 0 Å². The number of nitrogens with zero attached hydrogens (tertiary/aromatic N) is 1. The van der Waals surface area contributed by atoms with Crippen molar-refractivity contribution in [1.82, 2.24) is 0 Å². The van der Waals surface area contributed by atoms with Crippen LogP contribution in [0.1, 0.15) is 27.7 Å². The molecule has 0 radical (unpaired) electrons. The Bertz CT molecular complexity index is 477. The molecular weight excluding hydrogens is 399 g/mol. The predicted octanol–water partition coefficient (Wildman–Crippen LogP) is 2.61. The molecule has 0 amide bonds. The summed E-state index contributed by atoms with van der Waals surface area (Å²) in [7, 11) is -6.48. The topological polar surface area (TPSA) is 57.1 Å². The lowest BCUT2D eigenvalue weighted by Gasteiger charge is -2.55. The normalized spacial score (nSPS) is 16.3. The second kappa shape index (κ2) is 8.57. The maximum Gasteiger partial charge on any atom is 0.320 e. The number of rotatable bonds is 10. The summed E-state index contributed by atoms with van der Waals surface area (Å²) in [4.78, 5) is 15.2. The molecule has 0 spiro atoms. The fraction of sp³-hybridized carbons (Fsp3) is 0.933. The molecule has 148 valence electrons. The first kappa shape index (κ1) is 25.3. The molecule has 0 rings (SSSR count). The van der Waals surface area contributed by atoms with Gasteiger partial charge in [0.15, 0.2) is 26.4 Å². The van der Waals surface area contributed by atoms with Crippen molar-refractivity contribution in [3.63, 3.8) is 0 Å². The van der Waals surface area contributed by atoms with E-state index in [2.05, 4.69) is 78.5 Å². The Kier molecular flexibility index (Phi) is 8.69. The van der Waals surface area contributed by atoms with E-state index in [1.165, 1.54) is 0 Å². The highest BCUT2D eigenvalue weighted by Gasteiger charge is 2.60. The van der Waals surface area contributed by atoms with Gasteiger partial charge >= 0.3 is 8.56 Å². The summed E-state index contributed by atoms with van der Waals surface area (Å²) in [6.45, 7) is 24.3. The van der Waals surface area contributed by atoms with Crippen LogP contribution in [0, 0.1) is 5.41 Å². The molecule has 0 fully saturated rings. The van der Waals surface area contributed by atoms with E-state index in [-0.39, 0.29) is 16.1 Å². The molecule has 10 heteroatoms. The molecule has 1 atom stereocenters. The molecule has 25 heavy (non-hydrogen) atoms. The van der Waals surface area contributed by atoms with Crippen molar-refractivity contribution in [2.24, 2.45) is 10.4 Å². The molecule has 0 aromatic heterocycles. The van der Waals surface area contributed by atoms with E-state index in [1.54, 1.807) is 6.08 Å². The summed E-state index contributed by atoms with van der Waals surface area (Å²) in [6.07, 6.45) is 1.78. The second-order valence-corrected chi connectivity index (χ2v) is 26.6. The van der Waals surface area contributed by atoms with Crippen molar-refractivity contribution >= 4 is 51.5 Å². The zero-order valence-electron chi connectivity index (χ0n) is 18.4. The SMILES string of the molecule is CC(C)(C(N=C=O)[SiH2]O[SiH3])C(C)(C)[Si](C)(O[Si](C)(C)C)O[Si](C)(C)C. The van der Waals surface area contributed by atoms with Gasteiger partial charge in [-0.3, -0.25) is 0 Å². The van der Waals surface area contributed by atoms with Gasteiger partial charge in [0.1, 0.15) is 10.5 Å². The van der Waals surface area contributed by atoms with Crippen LogP contribution in [-0.4, -0.2) is 57.2 Å². The average Bonchev–Trinajstić information content (AvgIpc) is 2.33. The van der Waals surface area contributed by atoms with Crippen LogP contribution >= 0.6 is 0 Å². The van der Waals surface area contributed by atoms with Crippen LogP contribution in [0.25, 0.3) is 0 Å². The summed E-state index contributed by atoms with van der Waals surface area (Å²) in [5.74, 6) is 0. The number of hydrogen-bond acceptors (Lipinski definition) is 5. The highest BCUT2D eigenvalue weighted by molar-refractivity contribution is 6.89. The Morgan fingerprint density at radius 1 is 0.960 bits per heavy atom. The van der Waals surface area contributed by atoms with Gasteiger partial charge in [0.25, 0.3) is 0 Å². The van der Waals surface area contributed by atoms with Crippen LogP contribution in [-0.2, 0) is 17.1 Å². The summed E-state index contributed by atoms with van der Waals surface area (Å²) in [5.41, 5.74) is -0.402. The lowest BCUT2D eigenvalue weighted by Crippen LogP contribution is -2.63. The molecule has 0 aliphatic rings. The van der Waals surface area contributed by atoms with E-state index in [4.69, 9.17) is 12.3 Å². The minimum absolute atomic E-state index is 0.125. The Morgan fingerprint density at radius 3 is 1.64 bits per heavy atom. The zero-order valence-corrected chi connectivity index (χ0v) is 24.8. The maximum absolute atomic E-state index is 11.0. The van der Waals surface area contributed by atoms with Crippen LogP contribution in [0.15, 0.2) is 4.99 Å². The highest BCUT2D eigenvalue weighted by atomic mass is 28.5. The van der Waals surface area contributed by atoms with Crippen LogP contribution in [0.5, 0.6) is 0 Å². The summed E-state index contributed by atoms with van der Waals surface area (Å²) < 4.78 is 19.2. The van der Waals surface area contributed by atoms with Crippen LogP contribution < -0.4 is 0 Å². The van der Waals surface area contributed by atoms with E-state index in [9.17, 15) is 4.79 Å². The van der Waals surface area contributed by atoms with Crippen molar-refractivity contribution in [2.45, 2.75) is 84.2 Å². The quantitative estimate of drug-likeness (QED) is 0.299. The van der Waals surface area contributed by atoms with Gasteiger partial charge in [0.05, 0.1) is 5.67 Å². The second-order valence-electron chi connectivity index (χ2n) is 9.91. The van der Waals surface area contributed by atoms with Gasteiger partial charge in [-0.05, 0) is 51.2 Å². The van der Waals surface area contributed by atoms with Crippen LogP contribution in [0.2, 0.25) is 50.9 Å². The van der Waals surface area contributed by atoms with Crippen LogP contribution in [0.3, 0.4) is 0 Å². The van der Waals surface area contributed by atoms with Gasteiger partial charge in [-0.15, -0.1) is 0 Å². The summed E-state index contributed by atoms with van der Waals surface area (Å²) in [6, 6.07) is 0. The van der Waals surface area contributed by atoms with Gasteiger partial charge in [-0.1, -0.05) is 27.7 Å². The molecule has 0 saturated heterocycles. The first-order chi connectivity index (χ1) is 10.9. The molecule has 0 bridgehead atoms. The minimum atomic E-state index is -2.59. The lowest BCUT2D eigenvalue weighted by atomic mass is 9.79. The highest BCUT2D eigenvalue weighted by Crippen LogP contribution is 2.56. The number of isocyanates is 1. The van der Waals surface area contributed by atoms with Crippen molar-refractivity contribution in [2.75, 3.05) is 0 Å². The zero-order chi connectivity index (χ0) is 20.3. The van der Waals surface area contributed by atoms with Crippen molar-refractivity contribution < 1.29 is 17.1 Å². The smallest absolute Gasteiger partial charge is 0.320 e. The third-order valence-electron chi connectivity index (χ3n) is 5.11. The van der Waals surface area contributed by atoms with E-state index < -0.39 is 35.0 Å². The average molecular weight is 438 g/mol. The largest absolute Gasteiger partial charge is 0.466 e. The van der Waals surface area contributed by atoms with Gasteiger partial charge in [-0.25, -0.2) is 9.79 Å². The molecular formula is C15H39NO4Si5. The van der Waals surface area contributed by atoms with Crippen molar-refractivity contribution in [3.05, 3.63) is 0 Å². The molecule has 0 aromatic carbocycles. The summed E-state index contributed by atoms with van der Waals surface area (Å²) in [5, 5.41) is -0.251. The monoisotopic (exact) mass is 437 g/mol. The Hall–Kier alpha value is 0.344. The van der Waals surface area contributed by atoms with E-state index in [0.29, 0.717) is 10.5 Å². The Morgan fingerprint density at radius 2 is 1.36 bits per heavy atom. The minimum Gasteiger partial charge on any atom is -0.466 e. The van der Waals surface area contributed by atoms with E-state index >= 15 is 0 Å². The third-order valence-corrected chi connectivity index (χ3v) is 18.9. The van der Waals surface area contributed by atoms with Gasteiger partial charge < -0.3 is 12.3 Å². The molecule has 0 aliphatic carbocycles. The number of hydrogen-bond donors (Lipinski definition) is 0. The molecule has 0 heterocycles. The molecule has 5 nitrogen and oxygen atoms in total. The maximum atomic E-state index is 11.0. The fourth-order valence-electron chi connectivity index (χ4n) is 3.07. The van der Waals surface area contributed by atoms with Crippen molar-refractivity contribution in [1.29, 1.82) is 0 Å². The standard InChI is InChI=1S/C15H39NO4Si5/c1-14(2,13(16-12-17)22-18-21)15(3,4)25(11,19-23(5,6)7)20-24(8,9)10/h13H,22H2,1-11,21H3. The Labute approximate surface area is 163 Å². The number of aliphatic imine (C=N–C) groups is 1. The third kappa shape index (κ3) is 6.78. The number of carbonyl (C=O) groups excluding carboxylic acids is 1. The van der Waals surface area contributed by atoms with Gasteiger partial charge in [-0.2, -0.15) is 0 Å². The molecule has 0 aromatic rings. The van der Waals surface area contributed by atoms with Crippen LogP contribution in [0.4, 0.5) is 0 Å². The van der Waals surface area contributed by atoms with E-state index in [1.807, 2.05) is 0 Å². The first-order valence-corrected chi connectivity index (χ1v) is 20.2. The summed E-state index contributed by atoms with van der Waals surface area (Å²) >= 11 is 0. The lowest BCUT2D eigenvalue weighted by molar-refractivity contribution is 0.186. The van der Waals surface area contributed by atoms with Gasteiger partial charge in [0, 0.05) is 5.04 Å². The molecule has 1 unspecified atom stereocenters. The Balaban J connectivity index is 6.22. The molecule has 0 aliphatic heterocycles. The van der Waals surface area contributed by atoms with Crippen molar-refractivity contribution in [3.8, 4) is 0 Å². The fourth-order valence-corrected chi connectivity index (χ4v) is 18.9.